The third-order valence-corrected chi connectivity index (χ3v) is 3.30. The van der Waals surface area contributed by atoms with Crippen LogP contribution >= 0.6 is 0 Å². The van der Waals surface area contributed by atoms with Gasteiger partial charge in [-0.15, -0.1) is 0 Å². The first kappa shape index (κ1) is 16.0. The summed E-state index contributed by atoms with van der Waals surface area (Å²) in [5, 5.41) is 3.16. The average Bonchev–Trinajstić information content (AvgIpc) is 2.27. The molecule has 2 heteroatoms. The fourth-order valence-corrected chi connectivity index (χ4v) is 1.74. The molecule has 0 aromatic carbocycles. The Labute approximate surface area is 106 Å². The Bertz CT molecular complexity index is 291. The van der Waals surface area contributed by atoms with Gasteiger partial charge in [0.2, 0.25) is 0 Å². The van der Waals surface area contributed by atoms with E-state index in [-0.39, 0.29) is 11.7 Å². The number of nitrogens with one attached hydrogen (secondary N) is 1. The van der Waals surface area contributed by atoms with Gasteiger partial charge in [0.15, 0.2) is 0 Å². The molecule has 0 amide bonds. The van der Waals surface area contributed by atoms with Gasteiger partial charge >= 0.3 is 0 Å². The molecule has 0 radical (unpaired) electrons. The van der Waals surface area contributed by atoms with Crippen molar-refractivity contribution in [3.8, 4) is 0 Å². The number of carbonyl (C=O) groups excluding carboxylic acids is 1. The summed E-state index contributed by atoms with van der Waals surface area (Å²) >= 11 is 0. The van der Waals surface area contributed by atoms with Crippen molar-refractivity contribution in [1.82, 2.24) is 5.32 Å². The summed E-state index contributed by atoms with van der Waals surface area (Å²) in [4.78, 5) is 11.5. The highest BCUT2D eigenvalue weighted by molar-refractivity contribution is 5.78. The quantitative estimate of drug-likeness (QED) is 0.690. The Kier molecular flexibility index (Phi) is 7.60. The maximum absolute atomic E-state index is 11.5. The Morgan fingerprint density at radius 1 is 1.29 bits per heavy atom. The maximum atomic E-state index is 11.5. The number of allylic oxidation sites excluding steroid dienone is 2. The molecule has 0 bridgehead atoms. The number of hydrogen-bond acceptors (Lipinski definition) is 2. The van der Waals surface area contributed by atoms with Crippen LogP contribution in [0.4, 0.5) is 0 Å². The zero-order chi connectivity index (χ0) is 13.4. The summed E-state index contributed by atoms with van der Waals surface area (Å²) in [6.07, 6.45) is 4.90. The molecule has 0 spiro atoms. The van der Waals surface area contributed by atoms with Crippen LogP contribution in [0, 0.1) is 11.8 Å². The van der Waals surface area contributed by atoms with Crippen LogP contribution in [0.3, 0.4) is 0 Å². The molecular weight excluding hydrogens is 210 g/mol. The summed E-state index contributed by atoms with van der Waals surface area (Å²) in [5.74, 6) is 0.953. The van der Waals surface area contributed by atoms with Gasteiger partial charge in [-0.2, -0.15) is 0 Å². The predicted octanol–water partition coefficient (Wildman–Crippen LogP) is 4.04. The molecule has 0 aliphatic rings. The second kappa shape index (κ2) is 8.10. The number of rotatable bonds is 8. The van der Waals surface area contributed by atoms with Crippen molar-refractivity contribution in [2.75, 3.05) is 0 Å². The van der Waals surface area contributed by atoms with Crippen molar-refractivity contribution in [2.45, 2.75) is 53.9 Å². The molecule has 17 heavy (non-hydrogen) atoms. The van der Waals surface area contributed by atoms with E-state index in [9.17, 15) is 4.79 Å². The van der Waals surface area contributed by atoms with Gasteiger partial charge in [0.25, 0.3) is 0 Å². The first-order valence-corrected chi connectivity index (χ1v) is 6.53. The summed E-state index contributed by atoms with van der Waals surface area (Å²) < 4.78 is 0. The highest BCUT2D eigenvalue weighted by Crippen LogP contribution is 2.24. The van der Waals surface area contributed by atoms with Crippen molar-refractivity contribution in [1.29, 1.82) is 0 Å². The third kappa shape index (κ3) is 6.30. The Morgan fingerprint density at radius 2 is 1.88 bits per heavy atom. The number of carbonyl (C=O) groups is 1. The van der Waals surface area contributed by atoms with Crippen molar-refractivity contribution in [3.63, 3.8) is 0 Å². The van der Waals surface area contributed by atoms with Crippen molar-refractivity contribution < 1.29 is 4.79 Å². The zero-order valence-electron chi connectivity index (χ0n) is 12.0. The molecule has 0 fully saturated rings. The Hall–Kier alpha value is -1.05. The lowest BCUT2D eigenvalue weighted by atomic mass is 9.87. The summed E-state index contributed by atoms with van der Waals surface area (Å²) in [7, 11) is 0. The zero-order valence-corrected chi connectivity index (χ0v) is 12.0. The van der Waals surface area contributed by atoms with Gasteiger partial charge in [0.1, 0.15) is 5.78 Å². The first-order valence-electron chi connectivity index (χ1n) is 6.53. The van der Waals surface area contributed by atoms with Crippen LogP contribution < -0.4 is 5.32 Å². The minimum atomic E-state index is 0.155. The summed E-state index contributed by atoms with van der Waals surface area (Å²) in [6, 6.07) is 0. The normalized spacial score (nSPS) is 15.2. The lowest BCUT2D eigenvalue weighted by molar-refractivity contribution is -0.120. The summed E-state index contributed by atoms with van der Waals surface area (Å²) in [5.41, 5.74) is 2.25. The molecule has 1 N–H and O–H groups in total. The SMILES string of the molecule is C=C(C)N/C=C(/CC(CC)C(C)=O)C(C)CC. The van der Waals surface area contributed by atoms with E-state index in [2.05, 4.69) is 32.7 Å². The molecule has 0 saturated carbocycles. The third-order valence-electron chi connectivity index (χ3n) is 3.30. The molecule has 0 aromatic rings. The van der Waals surface area contributed by atoms with Crippen LogP contribution in [-0.2, 0) is 4.79 Å². The van der Waals surface area contributed by atoms with Gasteiger partial charge in [-0.3, -0.25) is 4.79 Å². The molecule has 0 aliphatic carbocycles. The molecule has 98 valence electrons. The molecule has 0 rings (SSSR count). The standard InChI is InChI=1S/C15H27NO/c1-7-12(5)15(10-16-11(3)4)9-14(8-2)13(6)17/h10,12,14,16H,3,7-9H2,1-2,4-6H3/b15-10-. The van der Waals surface area contributed by atoms with Crippen LogP contribution in [0.2, 0.25) is 0 Å². The van der Waals surface area contributed by atoms with E-state index >= 15 is 0 Å². The molecule has 0 aliphatic heterocycles. The van der Waals surface area contributed by atoms with Crippen LogP contribution in [0.1, 0.15) is 53.9 Å². The van der Waals surface area contributed by atoms with Gasteiger partial charge in [0, 0.05) is 17.8 Å². The summed E-state index contributed by atoms with van der Waals surface area (Å²) in [6.45, 7) is 13.9. The van der Waals surface area contributed by atoms with Crippen LogP contribution in [0.5, 0.6) is 0 Å². The molecule has 0 saturated heterocycles. The van der Waals surface area contributed by atoms with Crippen LogP contribution in [-0.4, -0.2) is 5.78 Å². The van der Waals surface area contributed by atoms with E-state index in [4.69, 9.17) is 0 Å². The van der Waals surface area contributed by atoms with E-state index in [0.29, 0.717) is 5.92 Å². The number of Topliss-reactive ketones (excluding diaryl/α,β-unsaturated/α-hetero) is 1. The fourth-order valence-electron chi connectivity index (χ4n) is 1.74. The van der Waals surface area contributed by atoms with Gasteiger partial charge in [0.05, 0.1) is 0 Å². The minimum Gasteiger partial charge on any atom is -0.366 e. The second-order valence-electron chi connectivity index (χ2n) is 4.87. The average molecular weight is 237 g/mol. The fraction of sp³-hybridized carbons (Fsp3) is 0.667. The lowest BCUT2D eigenvalue weighted by Crippen LogP contribution is -2.15. The largest absolute Gasteiger partial charge is 0.366 e. The molecule has 0 heterocycles. The van der Waals surface area contributed by atoms with E-state index < -0.39 is 0 Å². The van der Waals surface area contributed by atoms with Crippen molar-refractivity contribution in [3.05, 3.63) is 24.0 Å². The predicted molar refractivity (Wildman–Crippen MR) is 74.6 cm³/mol. The van der Waals surface area contributed by atoms with Crippen molar-refractivity contribution >= 4 is 5.78 Å². The van der Waals surface area contributed by atoms with Crippen LogP contribution in [0.15, 0.2) is 24.0 Å². The van der Waals surface area contributed by atoms with E-state index in [1.807, 2.05) is 13.1 Å². The van der Waals surface area contributed by atoms with E-state index in [0.717, 1.165) is 25.0 Å². The minimum absolute atomic E-state index is 0.155. The molecule has 2 nitrogen and oxygen atoms in total. The Balaban J connectivity index is 4.74. The Morgan fingerprint density at radius 3 is 2.24 bits per heavy atom. The van der Waals surface area contributed by atoms with Crippen LogP contribution in [0.25, 0.3) is 0 Å². The van der Waals surface area contributed by atoms with E-state index in [1.54, 1.807) is 6.92 Å². The molecular formula is C15H27NO. The first-order chi connectivity index (χ1) is 7.92. The smallest absolute Gasteiger partial charge is 0.133 e. The second-order valence-corrected chi connectivity index (χ2v) is 4.87. The molecule has 2 unspecified atom stereocenters. The molecule has 2 atom stereocenters. The number of hydrogen-bond donors (Lipinski definition) is 1. The topological polar surface area (TPSA) is 29.1 Å². The highest BCUT2D eigenvalue weighted by Gasteiger charge is 2.16. The molecule has 0 aromatic heterocycles. The van der Waals surface area contributed by atoms with Gasteiger partial charge < -0.3 is 5.32 Å². The van der Waals surface area contributed by atoms with Crippen molar-refractivity contribution in [2.24, 2.45) is 11.8 Å². The lowest BCUT2D eigenvalue weighted by Gasteiger charge is -2.19. The monoisotopic (exact) mass is 237 g/mol. The maximum Gasteiger partial charge on any atom is 0.133 e. The van der Waals surface area contributed by atoms with E-state index in [1.165, 1.54) is 5.57 Å². The van der Waals surface area contributed by atoms with Gasteiger partial charge in [-0.1, -0.05) is 32.9 Å². The van der Waals surface area contributed by atoms with Gasteiger partial charge in [-0.05, 0) is 39.0 Å². The van der Waals surface area contributed by atoms with Gasteiger partial charge in [-0.25, -0.2) is 0 Å². The highest BCUT2D eigenvalue weighted by atomic mass is 16.1. The number of ketones is 1.